The first-order valence-corrected chi connectivity index (χ1v) is 8.58. The Morgan fingerprint density at radius 1 is 1.38 bits per heavy atom. The van der Waals surface area contributed by atoms with Crippen LogP contribution in [0, 0.1) is 16.0 Å². The first-order chi connectivity index (χ1) is 10.9. The third-order valence-electron chi connectivity index (χ3n) is 3.44. The Labute approximate surface area is 145 Å². The number of hydrogen-bond donors (Lipinski definition) is 3. The van der Waals surface area contributed by atoms with E-state index in [1.807, 2.05) is 0 Å². The van der Waals surface area contributed by atoms with Gasteiger partial charge in [-0.05, 0) is 6.07 Å². The fourth-order valence-corrected chi connectivity index (χ4v) is 3.06. The van der Waals surface area contributed by atoms with Crippen molar-refractivity contribution in [3.8, 4) is 0 Å². The minimum absolute atomic E-state index is 0. The number of sulfonamides is 1. The third kappa shape index (κ3) is 5.71. The van der Waals surface area contributed by atoms with E-state index in [1.165, 1.54) is 18.2 Å². The number of nitro benzene ring substituents is 1. The largest absolute Gasteiger partial charge is 0.356 e. The average molecular weight is 379 g/mol. The highest BCUT2D eigenvalue weighted by molar-refractivity contribution is 7.89. The molecule has 134 valence electrons. The summed E-state index contributed by atoms with van der Waals surface area (Å²) < 4.78 is 26.3. The lowest BCUT2D eigenvalue weighted by Gasteiger charge is -2.27. The van der Waals surface area contributed by atoms with Crippen molar-refractivity contribution in [2.24, 2.45) is 5.92 Å². The molecule has 11 heteroatoms. The molecule has 3 N–H and O–H groups in total. The van der Waals surface area contributed by atoms with Gasteiger partial charge in [0, 0.05) is 50.7 Å². The zero-order chi connectivity index (χ0) is 16.9. The molecule has 0 atom stereocenters. The Morgan fingerprint density at radius 3 is 2.67 bits per heavy atom. The number of hydrogen-bond acceptors (Lipinski definition) is 6. The summed E-state index contributed by atoms with van der Waals surface area (Å²) in [6.45, 7) is 2.25. The molecule has 1 saturated heterocycles. The summed E-state index contributed by atoms with van der Waals surface area (Å²) in [7, 11) is -3.88. The van der Waals surface area contributed by atoms with E-state index < -0.39 is 14.9 Å². The number of nitrogens with zero attached hydrogens (tertiary/aromatic N) is 1. The van der Waals surface area contributed by atoms with Gasteiger partial charge in [-0.3, -0.25) is 14.9 Å². The van der Waals surface area contributed by atoms with Crippen LogP contribution in [-0.4, -0.2) is 45.4 Å². The molecule has 24 heavy (non-hydrogen) atoms. The van der Waals surface area contributed by atoms with Gasteiger partial charge in [0.15, 0.2) is 0 Å². The average Bonchev–Trinajstić information content (AvgIpc) is 2.45. The maximum atomic E-state index is 12.0. The molecule has 9 nitrogen and oxygen atoms in total. The topological polar surface area (TPSA) is 130 Å². The zero-order valence-corrected chi connectivity index (χ0v) is 14.4. The Morgan fingerprint density at radius 2 is 2.08 bits per heavy atom. The van der Waals surface area contributed by atoms with Gasteiger partial charge in [0.2, 0.25) is 15.9 Å². The van der Waals surface area contributed by atoms with Gasteiger partial charge in [-0.25, -0.2) is 13.1 Å². The van der Waals surface area contributed by atoms with Gasteiger partial charge in [0.1, 0.15) is 0 Å². The summed E-state index contributed by atoms with van der Waals surface area (Å²) in [5.74, 6) is 0.194. The monoisotopic (exact) mass is 378 g/mol. The lowest BCUT2D eigenvalue weighted by atomic mass is 10.0. The molecule has 0 aromatic heterocycles. The van der Waals surface area contributed by atoms with Crippen molar-refractivity contribution < 1.29 is 18.1 Å². The van der Waals surface area contributed by atoms with Crippen LogP contribution in [0.1, 0.15) is 6.42 Å². The first kappa shape index (κ1) is 20.3. The second-order valence-electron chi connectivity index (χ2n) is 5.23. The molecule has 0 spiro atoms. The number of rotatable bonds is 8. The Hall–Kier alpha value is -1.75. The molecule has 0 bridgehead atoms. The van der Waals surface area contributed by atoms with Crippen LogP contribution in [-0.2, 0) is 14.8 Å². The highest BCUT2D eigenvalue weighted by Gasteiger charge is 2.19. The van der Waals surface area contributed by atoms with Gasteiger partial charge < -0.3 is 10.6 Å². The quantitative estimate of drug-likeness (QED) is 0.432. The van der Waals surface area contributed by atoms with E-state index >= 15 is 0 Å². The Kier molecular flexibility index (Phi) is 7.55. The molecule has 1 amide bonds. The molecule has 1 aromatic rings. The van der Waals surface area contributed by atoms with Crippen LogP contribution in [0.3, 0.4) is 0 Å². The normalized spacial score (nSPS) is 14.3. The van der Waals surface area contributed by atoms with Crippen molar-refractivity contribution in [3.05, 3.63) is 34.4 Å². The number of nitrogens with one attached hydrogen (secondary N) is 3. The highest BCUT2D eigenvalue weighted by Crippen LogP contribution is 2.16. The van der Waals surface area contributed by atoms with Crippen molar-refractivity contribution in [2.45, 2.75) is 11.3 Å². The summed E-state index contributed by atoms with van der Waals surface area (Å²) in [6, 6.07) is 4.75. The lowest BCUT2D eigenvalue weighted by Crippen LogP contribution is -2.48. The fraction of sp³-hybridized carbons (Fsp3) is 0.462. The van der Waals surface area contributed by atoms with E-state index in [1.54, 1.807) is 0 Å². The van der Waals surface area contributed by atoms with Crippen LogP contribution >= 0.6 is 12.4 Å². The predicted octanol–water partition coefficient (Wildman–Crippen LogP) is 0.0206. The van der Waals surface area contributed by atoms with Gasteiger partial charge in [-0.2, -0.15) is 0 Å². The molecular formula is C13H19ClN4O5S. The van der Waals surface area contributed by atoms with E-state index in [0.29, 0.717) is 12.5 Å². The molecule has 1 aromatic carbocycles. The van der Waals surface area contributed by atoms with Gasteiger partial charge in [-0.1, -0.05) is 6.07 Å². The molecule has 0 saturated carbocycles. The minimum atomic E-state index is -3.88. The van der Waals surface area contributed by atoms with Crippen LogP contribution in [0.5, 0.6) is 0 Å². The number of nitro groups is 1. The molecule has 0 aliphatic carbocycles. The molecule has 1 aliphatic heterocycles. The first-order valence-electron chi connectivity index (χ1n) is 7.10. The molecule has 0 unspecified atom stereocenters. The van der Waals surface area contributed by atoms with E-state index in [0.717, 1.165) is 19.2 Å². The maximum absolute atomic E-state index is 12.0. The summed E-state index contributed by atoms with van der Waals surface area (Å²) in [5, 5.41) is 16.5. The maximum Gasteiger partial charge on any atom is 0.270 e. The summed E-state index contributed by atoms with van der Waals surface area (Å²) in [5.41, 5.74) is -0.306. The van der Waals surface area contributed by atoms with E-state index in [4.69, 9.17) is 0 Å². The van der Waals surface area contributed by atoms with Gasteiger partial charge in [-0.15, -0.1) is 12.4 Å². The van der Waals surface area contributed by atoms with Crippen molar-refractivity contribution in [1.29, 1.82) is 0 Å². The highest BCUT2D eigenvalue weighted by atomic mass is 35.5. The molecular weight excluding hydrogens is 360 g/mol. The molecule has 0 radical (unpaired) electrons. The molecule has 2 rings (SSSR count). The fourth-order valence-electron chi connectivity index (χ4n) is 1.99. The summed E-state index contributed by atoms with van der Waals surface area (Å²) in [6.07, 6.45) is 0.00824. The minimum Gasteiger partial charge on any atom is -0.356 e. The number of halogens is 1. The number of carbonyl (C=O) groups is 1. The van der Waals surface area contributed by atoms with Crippen molar-refractivity contribution in [2.75, 3.05) is 26.2 Å². The van der Waals surface area contributed by atoms with E-state index in [9.17, 15) is 23.3 Å². The molecule has 1 aliphatic rings. The second-order valence-corrected chi connectivity index (χ2v) is 7.00. The number of carbonyl (C=O) groups excluding carboxylic acids is 1. The van der Waals surface area contributed by atoms with Gasteiger partial charge in [0.05, 0.1) is 9.82 Å². The lowest BCUT2D eigenvalue weighted by molar-refractivity contribution is -0.385. The number of benzene rings is 1. The summed E-state index contributed by atoms with van der Waals surface area (Å²) >= 11 is 0. The Balaban J connectivity index is 0.00000288. The molecule has 1 heterocycles. The van der Waals surface area contributed by atoms with Crippen LogP contribution < -0.4 is 15.4 Å². The van der Waals surface area contributed by atoms with Crippen molar-refractivity contribution >= 4 is 34.0 Å². The van der Waals surface area contributed by atoms with Crippen molar-refractivity contribution in [3.63, 3.8) is 0 Å². The van der Waals surface area contributed by atoms with E-state index in [-0.39, 0.29) is 41.9 Å². The summed E-state index contributed by atoms with van der Waals surface area (Å²) in [4.78, 5) is 21.4. The van der Waals surface area contributed by atoms with Crippen LogP contribution in [0.2, 0.25) is 0 Å². The van der Waals surface area contributed by atoms with Crippen LogP contribution in [0.25, 0.3) is 0 Å². The second kappa shape index (κ2) is 8.92. The van der Waals surface area contributed by atoms with Gasteiger partial charge in [0.25, 0.3) is 5.69 Å². The third-order valence-corrected chi connectivity index (χ3v) is 4.90. The number of amides is 1. The van der Waals surface area contributed by atoms with E-state index in [2.05, 4.69) is 15.4 Å². The molecule has 1 fully saturated rings. The smallest absolute Gasteiger partial charge is 0.270 e. The Bertz CT molecular complexity index is 693. The standard InChI is InChI=1S/C13H18N4O5S.ClH/c18-13(15-9-10-7-14-8-10)4-5-16-23(21,22)12-3-1-2-11(6-12)17(19)20;/h1-3,6,10,14,16H,4-5,7-9H2,(H,15,18);1H. The predicted molar refractivity (Wildman–Crippen MR) is 89.5 cm³/mol. The van der Waals surface area contributed by atoms with Crippen molar-refractivity contribution in [1.82, 2.24) is 15.4 Å². The van der Waals surface area contributed by atoms with Crippen LogP contribution in [0.15, 0.2) is 29.2 Å². The zero-order valence-electron chi connectivity index (χ0n) is 12.7. The number of non-ortho nitro benzene ring substituents is 1. The van der Waals surface area contributed by atoms with Gasteiger partial charge >= 0.3 is 0 Å². The SMILES string of the molecule is Cl.O=C(CCNS(=O)(=O)c1cccc([N+](=O)[O-])c1)NCC1CNC1. The van der Waals surface area contributed by atoms with Crippen LogP contribution in [0.4, 0.5) is 5.69 Å².